The number of hydrogen-bond acceptors (Lipinski definition) is 4. The first kappa shape index (κ1) is 16.6. The zero-order valence-corrected chi connectivity index (χ0v) is 14.4. The third-order valence-corrected chi connectivity index (χ3v) is 4.18. The molecule has 0 saturated carbocycles. The van der Waals surface area contributed by atoms with Gasteiger partial charge in [0.25, 0.3) is 0 Å². The lowest BCUT2D eigenvalue weighted by Crippen LogP contribution is -2.53. The molecule has 22 heavy (non-hydrogen) atoms. The van der Waals surface area contributed by atoms with Crippen LogP contribution in [-0.4, -0.2) is 18.1 Å². The van der Waals surface area contributed by atoms with Crippen LogP contribution in [0.2, 0.25) is 0 Å². The Morgan fingerprint density at radius 2 is 1.77 bits per heavy atom. The number of nitrogens with one attached hydrogen (secondary N) is 1. The summed E-state index contributed by atoms with van der Waals surface area (Å²) in [5.41, 5.74) is 8.35. The van der Waals surface area contributed by atoms with Crippen molar-refractivity contribution in [2.75, 3.05) is 11.6 Å². The fourth-order valence-corrected chi connectivity index (χ4v) is 3.19. The van der Waals surface area contributed by atoms with Crippen LogP contribution in [0, 0.1) is 20.8 Å². The molecule has 0 radical (unpaired) electrons. The Kier molecular flexibility index (Phi) is 4.61. The van der Waals surface area contributed by atoms with Crippen molar-refractivity contribution in [3.8, 4) is 0 Å². The first-order valence-electron chi connectivity index (χ1n) is 7.87. The summed E-state index contributed by atoms with van der Waals surface area (Å²) in [4.78, 5) is 12.4. The summed E-state index contributed by atoms with van der Waals surface area (Å²) < 4.78 is 5.26. The first-order valence-corrected chi connectivity index (χ1v) is 7.87. The molecule has 1 N–H and O–H groups in total. The molecular weight excluding hydrogens is 276 g/mol. The van der Waals surface area contributed by atoms with Gasteiger partial charge in [-0.2, -0.15) is 0 Å². The molecule has 1 aliphatic rings. The van der Waals surface area contributed by atoms with Crippen molar-refractivity contribution in [2.45, 2.75) is 53.5 Å². The molecule has 1 heterocycles. The maximum Gasteiger partial charge on any atom is 0.332 e. The number of ether oxygens (including phenoxy) is 1. The van der Waals surface area contributed by atoms with E-state index in [4.69, 9.17) is 4.74 Å². The Balaban J connectivity index is 2.41. The van der Waals surface area contributed by atoms with E-state index in [0.717, 1.165) is 11.4 Å². The van der Waals surface area contributed by atoms with E-state index in [2.05, 4.69) is 38.3 Å². The lowest BCUT2D eigenvalue weighted by Gasteiger charge is -2.31. The van der Waals surface area contributed by atoms with Crippen LogP contribution >= 0.6 is 0 Å². The topological polar surface area (TPSA) is 41.6 Å². The number of anilines is 1. The molecule has 0 fully saturated rings. The normalized spacial score (nSPS) is 21.0. The molecule has 1 aliphatic heterocycles. The van der Waals surface area contributed by atoms with E-state index in [1.165, 1.54) is 16.7 Å². The van der Waals surface area contributed by atoms with Gasteiger partial charge >= 0.3 is 5.97 Å². The van der Waals surface area contributed by atoms with Gasteiger partial charge in [0.2, 0.25) is 0 Å². The number of esters is 1. The van der Waals surface area contributed by atoms with Gasteiger partial charge in [-0.3, -0.25) is 5.01 Å². The maximum absolute atomic E-state index is 12.4. The molecule has 1 aromatic rings. The Bertz CT molecular complexity index is 599. The fourth-order valence-electron chi connectivity index (χ4n) is 3.19. The number of carbonyl (C=O) groups excluding carboxylic acids is 1. The fraction of sp³-hybridized carbons (Fsp3) is 0.500. The smallest absolute Gasteiger partial charge is 0.332 e. The van der Waals surface area contributed by atoms with Crippen LogP contribution in [0.5, 0.6) is 0 Å². The highest BCUT2D eigenvalue weighted by atomic mass is 16.5. The van der Waals surface area contributed by atoms with Crippen LogP contribution in [0.25, 0.3) is 0 Å². The lowest BCUT2D eigenvalue weighted by atomic mass is 9.97. The standard InChI is InChI=1S/C18H26N2O2/c1-7-18(17(21)22-8-2)11-15(6)20(19-18)16-13(4)9-12(3)10-14(16)5/h9-11,19H,7-8H2,1-6H3. The summed E-state index contributed by atoms with van der Waals surface area (Å²) in [5, 5.41) is 2.02. The quantitative estimate of drug-likeness (QED) is 0.864. The Morgan fingerprint density at radius 3 is 2.27 bits per heavy atom. The monoisotopic (exact) mass is 302 g/mol. The van der Waals surface area contributed by atoms with E-state index in [1.807, 2.05) is 31.9 Å². The predicted octanol–water partition coefficient (Wildman–Crippen LogP) is 3.55. The second-order valence-electron chi connectivity index (χ2n) is 6.03. The van der Waals surface area contributed by atoms with Gasteiger partial charge < -0.3 is 4.74 Å². The molecule has 0 aliphatic carbocycles. The van der Waals surface area contributed by atoms with Crippen molar-refractivity contribution >= 4 is 11.7 Å². The van der Waals surface area contributed by atoms with Crippen molar-refractivity contribution in [1.29, 1.82) is 0 Å². The van der Waals surface area contributed by atoms with Gasteiger partial charge in [0.15, 0.2) is 5.54 Å². The van der Waals surface area contributed by atoms with Crippen molar-refractivity contribution in [3.05, 3.63) is 40.6 Å². The second kappa shape index (κ2) is 6.13. The molecule has 1 atom stereocenters. The number of carbonyl (C=O) groups is 1. The second-order valence-corrected chi connectivity index (χ2v) is 6.03. The molecule has 1 aromatic carbocycles. The molecule has 0 amide bonds. The minimum Gasteiger partial charge on any atom is -0.464 e. The molecule has 0 spiro atoms. The summed E-state index contributed by atoms with van der Waals surface area (Å²) in [7, 11) is 0. The zero-order chi connectivity index (χ0) is 16.5. The number of hydrazine groups is 1. The highest BCUT2D eigenvalue weighted by Gasteiger charge is 2.43. The molecule has 0 saturated heterocycles. The minimum absolute atomic E-state index is 0.221. The highest BCUT2D eigenvalue weighted by Crippen LogP contribution is 2.34. The van der Waals surface area contributed by atoms with E-state index in [-0.39, 0.29) is 5.97 Å². The van der Waals surface area contributed by atoms with Gasteiger partial charge in [-0.1, -0.05) is 24.6 Å². The van der Waals surface area contributed by atoms with Gasteiger partial charge in [0.1, 0.15) is 0 Å². The van der Waals surface area contributed by atoms with Crippen LogP contribution in [0.3, 0.4) is 0 Å². The van der Waals surface area contributed by atoms with Gasteiger partial charge in [-0.05, 0) is 58.2 Å². The Morgan fingerprint density at radius 1 is 1.18 bits per heavy atom. The average Bonchev–Trinajstić information content (AvgIpc) is 2.76. The molecule has 0 aromatic heterocycles. The van der Waals surface area contributed by atoms with Crippen molar-refractivity contribution in [3.63, 3.8) is 0 Å². The van der Waals surface area contributed by atoms with E-state index in [1.54, 1.807) is 0 Å². The summed E-state index contributed by atoms with van der Waals surface area (Å²) >= 11 is 0. The minimum atomic E-state index is -0.774. The summed E-state index contributed by atoms with van der Waals surface area (Å²) in [6, 6.07) is 4.32. The third kappa shape index (κ3) is 2.75. The molecule has 4 heteroatoms. The molecule has 120 valence electrons. The summed E-state index contributed by atoms with van der Waals surface area (Å²) in [6.45, 7) is 12.5. The van der Waals surface area contributed by atoms with E-state index in [9.17, 15) is 4.79 Å². The first-order chi connectivity index (χ1) is 10.3. The largest absolute Gasteiger partial charge is 0.464 e. The Labute approximate surface area is 133 Å². The summed E-state index contributed by atoms with van der Waals surface area (Å²) in [6.07, 6.45) is 2.62. The van der Waals surface area contributed by atoms with E-state index in [0.29, 0.717) is 13.0 Å². The lowest BCUT2D eigenvalue weighted by molar-refractivity contribution is -0.148. The van der Waals surface area contributed by atoms with Crippen LogP contribution in [0.15, 0.2) is 23.9 Å². The number of aryl methyl sites for hydroxylation is 3. The molecular formula is C18H26N2O2. The number of allylic oxidation sites excluding steroid dienone is 1. The van der Waals surface area contributed by atoms with Gasteiger partial charge in [0.05, 0.1) is 12.3 Å². The van der Waals surface area contributed by atoms with Crippen molar-refractivity contribution in [1.82, 2.24) is 5.43 Å². The van der Waals surface area contributed by atoms with E-state index < -0.39 is 5.54 Å². The predicted molar refractivity (Wildman–Crippen MR) is 89.7 cm³/mol. The van der Waals surface area contributed by atoms with Crippen molar-refractivity contribution < 1.29 is 9.53 Å². The third-order valence-electron chi connectivity index (χ3n) is 4.18. The molecule has 1 unspecified atom stereocenters. The zero-order valence-electron chi connectivity index (χ0n) is 14.4. The van der Waals surface area contributed by atoms with Crippen LogP contribution in [0.4, 0.5) is 5.69 Å². The number of rotatable bonds is 4. The van der Waals surface area contributed by atoms with Gasteiger partial charge in [-0.15, -0.1) is 0 Å². The van der Waals surface area contributed by atoms with Crippen LogP contribution in [0.1, 0.15) is 43.9 Å². The molecule has 0 bridgehead atoms. The van der Waals surface area contributed by atoms with Gasteiger partial charge in [-0.25, -0.2) is 10.2 Å². The SMILES string of the molecule is CCOC(=O)C1(CC)C=C(C)N(c2c(C)cc(C)cc2C)N1. The number of benzene rings is 1. The van der Waals surface area contributed by atoms with Gasteiger partial charge in [0, 0.05) is 5.70 Å². The average molecular weight is 302 g/mol. The molecule has 2 rings (SSSR count). The van der Waals surface area contributed by atoms with E-state index >= 15 is 0 Å². The molecule has 4 nitrogen and oxygen atoms in total. The number of nitrogens with zero attached hydrogens (tertiary/aromatic N) is 1. The van der Waals surface area contributed by atoms with Crippen molar-refractivity contribution in [2.24, 2.45) is 0 Å². The van der Waals surface area contributed by atoms with Crippen LogP contribution < -0.4 is 10.4 Å². The summed E-state index contributed by atoms with van der Waals surface area (Å²) in [5.74, 6) is -0.221. The Hall–Kier alpha value is -1.81. The maximum atomic E-state index is 12.4. The number of hydrogen-bond donors (Lipinski definition) is 1. The van der Waals surface area contributed by atoms with Crippen LogP contribution in [-0.2, 0) is 9.53 Å². The highest BCUT2D eigenvalue weighted by molar-refractivity contribution is 5.86.